The highest BCUT2D eigenvalue weighted by Gasteiger charge is 2.33. The van der Waals surface area contributed by atoms with Crippen LogP contribution in [0.15, 0.2) is 35.3 Å². The van der Waals surface area contributed by atoms with Gasteiger partial charge in [-0.25, -0.2) is 4.79 Å². The minimum absolute atomic E-state index is 0.0597. The molecule has 1 aromatic rings. The molecule has 2 amide bonds. The molecule has 0 fully saturated rings. The second-order valence-corrected chi connectivity index (χ2v) is 11.6. The van der Waals surface area contributed by atoms with Crippen molar-refractivity contribution in [2.45, 2.75) is 84.0 Å². The maximum atomic E-state index is 13.5. The molecule has 236 valence electrons. The number of hydrogen-bond acceptors (Lipinski definition) is 8. The van der Waals surface area contributed by atoms with Crippen molar-refractivity contribution in [3.8, 4) is 0 Å². The van der Waals surface area contributed by atoms with Gasteiger partial charge in [-0.05, 0) is 45.1 Å². The molecule has 1 rings (SSSR count). The summed E-state index contributed by atoms with van der Waals surface area (Å²) >= 11 is 0. The summed E-state index contributed by atoms with van der Waals surface area (Å²) in [6.07, 6.45) is 0.951. The first-order valence-electron chi connectivity index (χ1n) is 14.3. The number of guanidine groups is 1. The molecule has 12 nitrogen and oxygen atoms in total. The molecule has 4 atom stereocenters. The average molecular weight is 591 g/mol. The van der Waals surface area contributed by atoms with Gasteiger partial charge in [0, 0.05) is 26.4 Å². The summed E-state index contributed by atoms with van der Waals surface area (Å²) < 4.78 is 10.8. The van der Waals surface area contributed by atoms with Gasteiger partial charge < -0.3 is 36.9 Å². The molecule has 0 spiro atoms. The monoisotopic (exact) mass is 590 g/mol. The van der Waals surface area contributed by atoms with Crippen molar-refractivity contribution in [3.05, 3.63) is 35.9 Å². The lowest BCUT2D eigenvalue weighted by Gasteiger charge is -2.28. The lowest BCUT2D eigenvalue weighted by molar-refractivity contribution is -0.146. The maximum absolute atomic E-state index is 13.5. The van der Waals surface area contributed by atoms with Crippen LogP contribution in [0.1, 0.15) is 59.4 Å². The van der Waals surface area contributed by atoms with Crippen molar-refractivity contribution in [2.75, 3.05) is 27.3 Å². The molecule has 0 aliphatic rings. The van der Waals surface area contributed by atoms with Crippen LogP contribution in [0.5, 0.6) is 0 Å². The highest BCUT2D eigenvalue weighted by Crippen LogP contribution is 2.17. The molecule has 7 N–H and O–H groups in total. The van der Waals surface area contributed by atoms with E-state index in [0.717, 1.165) is 5.56 Å². The molecule has 0 bridgehead atoms. The first kappa shape index (κ1) is 36.5. The van der Waals surface area contributed by atoms with E-state index < -0.39 is 47.4 Å². The van der Waals surface area contributed by atoms with Crippen LogP contribution in [0.25, 0.3) is 0 Å². The van der Waals surface area contributed by atoms with E-state index in [4.69, 9.17) is 20.9 Å². The molecule has 0 aliphatic heterocycles. The molecular weight excluding hydrogens is 540 g/mol. The van der Waals surface area contributed by atoms with E-state index >= 15 is 0 Å². The molecule has 0 unspecified atom stereocenters. The maximum Gasteiger partial charge on any atom is 0.328 e. The fourth-order valence-electron chi connectivity index (χ4n) is 4.05. The number of esters is 1. The Labute approximate surface area is 249 Å². The third kappa shape index (κ3) is 13.9. The number of Topliss-reactive ketones (excluding diaryl/α,β-unsaturated/α-hetero) is 1. The fourth-order valence-corrected chi connectivity index (χ4v) is 4.05. The van der Waals surface area contributed by atoms with Gasteiger partial charge in [-0.2, -0.15) is 0 Å². The zero-order valence-electron chi connectivity index (χ0n) is 26.1. The normalized spacial score (nSPS) is 14.8. The van der Waals surface area contributed by atoms with Crippen molar-refractivity contribution in [2.24, 2.45) is 28.3 Å². The minimum atomic E-state index is -0.954. The average Bonchev–Trinajstić information content (AvgIpc) is 2.94. The number of benzene rings is 1. The highest BCUT2D eigenvalue weighted by molar-refractivity contribution is 5.94. The third-order valence-electron chi connectivity index (χ3n) is 6.51. The van der Waals surface area contributed by atoms with Gasteiger partial charge in [-0.3, -0.25) is 19.4 Å². The largest absolute Gasteiger partial charge is 0.467 e. The number of aliphatic imine (C=N–C) groups is 1. The molecule has 0 saturated heterocycles. The number of methoxy groups -OCH3 is 1. The van der Waals surface area contributed by atoms with Crippen LogP contribution < -0.4 is 27.4 Å². The number of nitrogens with zero attached hydrogens (tertiary/aromatic N) is 1. The van der Waals surface area contributed by atoms with Gasteiger partial charge in [0.05, 0.1) is 37.3 Å². The minimum Gasteiger partial charge on any atom is -0.467 e. The van der Waals surface area contributed by atoms with E-state index in [1.54, 1.807) is 20.9 Å². The summed E-state index contributed by atoms with van der Waals surface area (Å²) in [6, 6.07) is 6.57. The summed E-state index contributed by atoms with van der Waals surface area (Å²) in [4.78, 5) is 56.1. The quantitative estimate of drug-likeness (QED) is 0.0765. The van der Waals surface area contributed by atoms with Crippen LogP contribution in [0.2, 0.25) is 0 Å². The number of carbonyl (C=O) groups is 4. The fraction of sp³-hybridized carbons (Fsp3) is 0.633. The van der Waals surface area contributed by atoms with Gasteiger partial charge in [0.1, 0.15) is 6.04 Å². The molecule has 0 aliphatic carbocycles. The van der Waals surface area contributed by atoms with Crippen molar-refractivity contribution in [3.63, 3.8) is 0 Å². The Bertz CT molecular complexity index is 1040. The second-order valence-electron chi connectivity index (χ2n) is 11.6. The van der Waals surface area contributed by atoms with Crippen LogP contribution in [0.4, 0.5) is 0 Å². The van der Waals surface area contributed by atoms with Crippen molar-refractivity contribution in [1.29, 1.82) is 0 Å². The molecular formula is C30H50N6O6. The molecule has 42 heavy (non-hydrogen) atoms. The van der Waals surface area contributed by atoms with E-state index in [-0.39, 0.29) is 31.1 Å². The molecule has 0 saturated carbocycles. The summed E-state index contributed by atoms with van der Waals surface area (Å²) in [6.45, 7) is 9.57. The molecule has 0 radical (unpaired) electrons. The standard InChI is InChI=1S/C30H50N6O6/c1-19(2)25(36-27(39)22(31)14-11-15-34-29(32)33-6)24(37)17-21(18-42-30(3,4)5)26(38)35-23(28(40)41-7)16-20-12-9-8-10-13-20/h8-10,12-13,19,21-23,25H,11,14-18,31H2,1-7H3,(H,35,38)(H,36,39)(H3,32,33,34)/t21-,22-,23-,25-/m0/s1. The van der Waals surface area contributed by atoms with Crippen LogP contribution in [-0.2, 0) is 35.1 Å². The number of amides is 2. The Morgan fingerprint density at radius 1 is 1.02 bits per heavy atom. The summed E-state index contributed by atoms with van der Waals surface area (Å²) in [7, 11) is 2.82. The number of nitrogens with one attached hydrogen (secondary N) is 3. The number of ether oxygens (including phenoxy) is 2. The van der Waals surface area contributed by atoms with Crippen LogP contribution >= 0.6 is 0 Å². The third-order valence-corrected chi connectivity index (χ3v) is 6.51. The predicted octanol–water partition coefficient (Wildman–Crippen LogP) is 1.06. The summed E-state index contributed by atoms with van der Waals surface area (Å²) in [5.41, 5.74) is 11.9. The zero-order chi connectivity index (χ0) is 31.9. The van der Waals surface area contributed by atoms with Gasteiger partial charge in [0.15, 0.2) is 11.7 Å². The molecule has 1 aromatic carbocycles. The Balaban J connectivity index is 3.00. The second kappa shape index (κ2) is 18.1. The highest BCUT2D eigenvalue weighted by atomic mass is 16.5. The van der Waals surface area contributed by atoms with Gasteiger partial charge in [-0.15, -0.1) is 0 Å². The van der Waals surface area contributed by atoms with Crippen molar-refractivity contribution < 1.29 is 28.7 Å². The smallest absolute Gasteiger partial charge is 0.328 e. The molecule has 0 aromatic heterocycles. The number of ketones is 1. The first-order valence-corrected chi connectivity index (χ1v) is 14.3. The van der Waals surface area contributed by atoms with Crippen LogP contribution in [0.3, 0.4) is 0 Å². The van der Waals surface area contributed by atoms with Crippen molar-refractivity contribution >= 4 is 29.5 Å². The number of hydrogen-bond donors (Lipinski definition) is 5. The zero-order valence-corrected chi connectivity index (χ0v) is 26.1. The Hall–Kier alpha value is -3.51. The van der Waals surface area contributed by atoms with Gasteiger partial charge in [0.25, 0.3) is 0 Å². The molecule has 0 heterocycles. The van der Waals surface area contributed by atoms with Gasteiger partial charge in [-0.1, -0.05) is 44.2 Å². The van der Waals surface area contributed by atoms with Crippen LogP contribution in [-0.4, -0.2) is 80.6 Å². The van der Waals surface area contributed by atoms with E-state index in [9.17, 15) is 19.2 Å². The number of nitrogens with two attached hydrogens (primary N) is 2. The van der Waals surface area contributed by atoms with Gasteiger partial charge in [0.2, 0.25) is 11.8 Å². The first-order chi connectivity index (χ1) is 19.7. The molecule has 12 heteroatoms. The van der Waals surface area contributed by atoms with E-state index in [0.29, 0.717) is 25.3 Å². The van der Waals surface area contributed by atoms with E-state index in [2.05, 4.69) is 20.9 Å². The number of rotatable bonds is 17. The summed E-state index contributed by atoms with van der Waals surface area (Å²) in [5, 5.41) is 8.42. The Kier molecular flexibility index (Phi) is 15.8. The van der Waals surface area contributed by atoms with Crippen molar-refractivity contribution in [1.82, 2.24) is 16.0 Å². The Morgan fingerprint density at radius 2 is 1.67 bits per heavy atom. The topological polar surface area (TPSA) is 187 Å². The lowest BCUT2D eigenvalue weighted by atomic mass is 9.91. The lowest BCUT2D eigenvalue weighted by Crippen LogP contribution is -2.52. The van der Waals surface area contributed by atoms with E-state index in [1.165, 1.54) is 7.11 Å². The Morgan fingerprint density at radius 3 is 2.21 bits per heavy atom. The number of carbonyl (C=O) groups excluding carboxylic acids is 4. The summed E-state index contributed by atoms with van der Waals surface area (Å²) in [5.74, 6) is -2.80. The predicted molar refractivity (Wildman–Crippen MR) is 162 cm³/mol. The SMILES string of the molecule is CN=C(N)NCCC[C@H](N)C(=O)N[C@H](C(=O)C[C@@H](COC(C)(C)C)C(=O)N[C@@H](Cc1ccccc1)C(=O)OC)C(C)C. The van der Waals surface area contributed by atoms with Gasteiger partial charge >= 0.3 is 5.97 Å². The van der Waals surface area contributed by atoms with Crippen LogP contribution in [0, 0.1) is 11.8 Å². The van der Waals surface area contributed by atoms with E-state index in [1.807, 2.05) is 51.1 Å².